The summed E-state index contributed by atoms with van der Waals surface area (Å²) in [6.07, 6.45) is 3.83. The van der Waals surface area contributed by atoms with Gasteiger partial charge in [0.25, 0.3) is 11.3 Å². The summed E-state index contributed by atoms with van der Waals surface area (Å²) in [6.45, 7) is 4.20. The van der Waals surface area contributed by atoms with Crippen molar-refractivity contribution in [1.82, 2.24) is 0 Å². The molecule has 1 fully saturated rings. The molecule has 0 saturated heterocycles. The molecule has 0 amide bonds. The van der Waals surface area contributed by atoms with E-state index in [1.807, 2.05) is 24.3 Å². The first-order chi connectivity index (χ1) is 9.44. The number of halogens is 1. The third-order valence-electron chi connectivity index (χ3n) is 3.95. The van der Waals surface area contributed by atoms with Crippen molar-refractivity contribution in [2.24, 2.45) is 10.3 Å². The molecule has 20 heavy (non-hydrogen) atoms. The fourth-order valence-corrected chi connectivity index (χ4v) is 3.41. The Labute approximate surface area is 127 Å². The van der Waals surface area contributed by atoms with Gasteiger partial charge in [0.15, 0.2) is 0 Å². The molecule has 0 radical (unpaired) electrons. The highest BCUT2D eigenvalue weighted by atomic mass is 35.5. The van der Waals surface area contributed by atoms with Crippen LogP contribution in [0.15, 0.2) is 28.7 Å². The lowest BCUT2D eigenvalue weighted by atomic mass is 9.60. The molecule has 1 atom stereocenters. The van der Waals surface area contributed by atoms with Crippen LogP contribution in [-0.2, 0) is 16.7 Å². The molecule has 1 aliphatic rings. The zero-order valence-corrected chi connectivity index (χ0v) is 13.4. The minimum atomic E-state index is -2.14. The summed E-state index contributed by atoms with van der Waals surface area (Å²) in [5.41, 5.74) is 1.83. The third kappa shape index (κ3) is 3.30. The largest absolute Gasteiger partial charge is 0.288 e. The first-order valence-electron chi connectivity index (χ1n) is 6.89. The molecule has 110 valence electrons. The average Bonchev–Trinajstić information content (AvgIpc) is 2.28. The molecule has 1 aromatic rings. The van der Waals surface area contributed by atoms with E-state index >= 15 is 0 Å². The second kappa shape index (κ2) is 6.37. The second-order valence-electron chi connectivity index (χ2n) is 5.81. The van der Waals surface area contributed by atoms with E-state index < -0.39 is 11.3 Å². The minimum absolute atomic E-state index is 0.173. The van der Waals surface area contributed by atoms with Crippen molar-refractivity contribution < 1.29 is 8.76 Å². The van der Waals surface area contributed by atoms with Crippen LogP contribution in [0.2, 0.25) is 5.02 Å². The van der Waals surface area contributed by atoms with Gasteiger partial charge in [-0.1, -0.05) is 44.0 Å². The number of rotatable bonds is 5. The van der Waals surface area contributed by atoms with Crippen LogP contribution < -0.4 is 0 Å². The fourth-order valence-electron chi connectivity index (χ4n) is 2.84. The Bertz CT molecular complexity index is 521. The molecule has 1 N–H and O–H groups in total. The van der Waals surface area contributed by atoms with Gasteiger partial charge in [-0.2, -0.15) is 4.40 Å². The maximum atomic E-state index is 11.2. The number of nitrogens with zero attached hydrogens (tertiary/aromatic N) is 1. The maximum Gasteiger partial charge on any atom is 0.281 e. The number of hydrogen-bond acceptors (Lipinski definition) is 1. The van der Waals surface area contributed by atoms with Crippen LogP contribution in [0.5, 0.6) is 0 Å². The highest BCUT2D eigenvalue weighted by molar-refractivity contribution is 7.78. The molecule has 0 heterocycles. The van der Waals surface area contributed by atoms with Gasteiger partial charge in [-0.05, 0) is 42.9 Å². The highest BCUT2D eigenvalue weighted by Crippen LogP contribution is 2.46. The monoisotopic (exact) mass is 313 g/mol. The molecule has 1 unspecified atom stereocenters. The van der Waals surface area contributed by atoms with E-state index in [0.717, 1.165) is 37.0 Å². The molecule has 1 saturated carbocycles. The van der Waals surface area contributed by atoms with Crippen LogP contribution in [0.25, 0.3) is 0 Å². The van der Waals surface area contributed by atoms with Crippen LogP contribution in [0.3, 0.4) is 0 Å². The van der Waals surface area contributed by atoms with Crippen molar-refractivity contribution in [1.29, 1.82) is 0 Å². The smallest absolute Gasteiger partial charge is 0.281 e. The Morgan fingerprint density at radius 1 is 1.40 bits per heavy atom. The van der Waals surface area contributed by atoms with Gasteiger partial charge in [0.1, 0.15) is 0 Å². The predicted octanol–water partition coefficient (Wildman–Crippen LogP) is 4.39. The molecule has 5 heteroatoms. The van der Waals surface area contributed by atoms with Crippen LogP contribution in [0.1, 0.15) is 45.1 Å². The van der Waals surface area contributed by atoms with Crippen LogP contribution >= 0.6 is 11.6 Å². The molecule has 0 bridgehead atoms. The average molecular weight is 314 g/mol. The summed E-state index contributed by atoms with van der Waals surface area (Å²) in [5, 5.41) is 0.705. The van der Waals surface area contributed by atoms with E-state index in [2.05, 4.69) is 18.2 Å². The topological polar surface area (TPSA) is 49.7 Å². The number of benzene rings is 1. The summed E-state index contributed by atoms with van der Waals surface area (Å²) < 4.78 is 24.4. The molecular formula is C15H20ClNO2S. The Morgan fingerprint density at radius 3 is 2.40 bits per heavy atom. The van der Waals surface area contributed by atoms with Gasteiger partial charge < -0.3 is 0 Å². The normalized spacial score (nSPS) is 19.8. The van der Waals surface area contributed by atoms with Gasteiger partial charge in [-0.15, -0.1) is 0 Å². The Hall–Kier alpha value is -0.710. The molecule has 2 rings (SSSR count). The van der Waals surface area contributed by atoms with E-state index in [1.165, 1.54) is 0 Å². The maximum absolute atomic E-state index is 11.2. The van der Waals surface area contributed by atoms with E-state index in [-0.39, 0.29) is 5.41 Å². The lowest BCUT2D eigenvalue weighted by molar-refractivity contribution is 0.333. The predicted molar refractivity (Wildman–Crippen MR) is 84.6 cm³/mol. The number of hydrogen-bond donors (Lipinski definition) is 1. The SMILES string of the molecule is CC(C)CC(=NS(=O)O)C1(c2ccc(Cl)cc2)CCC1. The molecule has 0 aliphatic heterocycles. The Kier molecular flexibility index (Phi) is 4.99. The van der Waals surface area contributed by atoms with Crippen LogP contribution in [0, 0.1) is 5.92 Å². The first kappa shape index (κ1) is 15.7. The van der Waals surface area contributed by atoms with Gasteiger partial charge in [0, 0.05) is 16.1 Å². The first-order valence-corrected chi connectivity index (χ1v) is 8.33. The van der Waals surface area contributed by atoms with Crippen molar-refractivity contribution in [2.45, 2.75) is 44.9 Å². The lowest BCUT2D eigenvalue weighted by Crippen LogP contribution is -2.43. The van der Waals surface area contributed by atoms with Gasteiger partial charge in [-0.25, -0.2) is 4.21 Å². The molecular weight excluding hydrogens is 294 g/mol. The zero-order chi connectivity index (χ0) is 14.8. The molecule has 3 nitrogen and oxygen atoms in total. The Balaban J connectivity index is 2.41. The lowest BCUT2D eigenvalue weighted by Gasteiger charge is -2.43. The molecule has 0 aromatic heterocycles. The van der Waals surface area contributed by atoms with Crippen LogP contribution in [-0.4, -0.2) is 14.5 Å². The van der Waals surface area contributed by atoms with E-state index in [0.29, 0.717) is 10.9 Å². The summed E-state index contributed by atoms with van der Waals surface area (Å²) in [7, 11) is 0. The summed E-state index contributed by atoms with van der Waals surface area (Å²) in [4.78, 5) is 0. The van der Waals surface area contributed by atoms with E-state index in [1.54, 1.807) is 0 Å². The molecule has 1 aliphatic carbocycles. The van der Waals surface area contributed by atoms with Crippen molar-refractivity contribution in [3.8, 4) is 0 Å². The summed E-state index contributed by atoms with van der Waals surface area (Å²) in [5.74, 6) is 0.405. The minimum Gasteiger partial charge on any atom is -0.288 e. The molecule has 1 aromatic carbocycles. The van der Waals surface area contributed by atoms with Gasteiger partial charge in [0.2, 0.25) is 0 Å². The summed E-state index contributed by atoms with van der Waals surface area (Å²) >= 11 is 3.81. The van der Waals surface area contributed by atoms with E-state index in [9.17, 15) is 8.76 Å². The standard InChI is InChI=1S/C15H20ClNO2S/c1-11(2)10-14(17-20(18)19)15(8-3-9-15)12-4-6-13(16)7-5-12/h4-7,11H,3,8-10H2,1-2H3,(H,18,19). The van der Waals surface area contributed by atoms with Crippen molar-refractivity contribution >= 4 is 28.6 Å². The quantitative estimate of drug-likeness (QED) is 0.647. The molecule has 0 spiro atoms. The van der Waals surface area contributed by atoms with Crippen LogP contribution in [0.4, 0.5) is 0 Å². The van der Waals surface area contributed by atoms with Gasteiger partial charge >= 0.3 is 0 Å². The van der Waals surface area contributed by atoms with E-state index in [4.69, 9.17) is 11.6 Å². The second-order valence-corrected chi connectivity index (χ2v) is 6.89. The zero-order valence-electron chi connectivity index (χ0n) is 11.8. The highest BCUT2D eigenvalue weighted by Gasteiger charge is 2.43. The summed E-state index contributed by atoms with van der Waals surface area (Å²) in [6, 6.07) is 7.77. The third-order valence-corrected chi connectivity index (χ3v) is 4.57. The van der Waals surface area contributed by atoms with Crippen molar-refractivity contribution in [3.05, 3.63) is 34.9 Å². The Morgan fingerprint density at radius 2 is 2.00 bits per heavy atom. The van der Waals surface area contributed by atoms with Crippen molar-refractivity contribution in [3.63, 3.8) is 0 Å². The van der Waals surface area contributed by atoms with Gasteiger partial charge in [0.05, 0.1) is 0 Å². The fraction of sp³-hybridized carbons (Fsp3) is 0.533. The van der Waals surface area contributed by atoms with Crippen molar-refractivity contribution in [2.75, 3.05) is 0 Å². The van der Waals surface area contributed by atoms with Gasteiger partial charge in [-0.3, -0.25) is 4.55 Å².